The van der Waals surface area contributed by atoms with Crippen molar-refractivity contribution in [1.29, 1.82) is 0 Å². The molecule has 3 nitrogen and oxygen atoms in total. The number of aromatic nitrogens is 2. The lowest BCUT2D eigenvalue weighted by Gasteiger charge is -2.20. The molecule has 1 heterocycles. The van der Waals surface area contributed by atoms with E-state index in [2.05, 4.69) is 60.4 Å². The van der Waals surface area contributed by atoms with Gasteiger partial charge in [0, 0.05) is 11.6 Å². The number of hydrogen-bond acceptors (Lipinski definition) is 3. The van der Waals surface area contributed by atoms with Crippen LogP contribution in [0.1, 0.15) is 24.2 Å². The van der Waals surface area contributed by atoms with Crippen LogP contribution in [0.15, 0.2) is 36.4 Å². The predicted molar refractivity (Wildman–Crippen MR) is 74.3 cm³/mol. The molecule has 0 saturated heterocycles. The Morgan fingerprint density at radius 2 is 1.61 bits per heavy atom. The average molecular weight is 241 g/mol. The molecule has 0 radical (unpaired) electrons. The van der Waals surface area contributed by atoms with E-state index in [4.69, 9.17) is 0 Å². The molecule has 1 atom stereocenters. The van der Waals surface area contributed by atoms with E-state index < -0.39 is 0 Å². The fourth-order valence-corrected chi connectivity index (χ4v) is 1.78. The van der Waals surface area contributed by atoms with E-state index in [-0.39, 0.29) is 0 Å². The Labute approximate surface area is 108 Å². The van der Waals surface area contributed by atoms with Crippen LogP contribution in [-0.4, -0.2) is 29.2 Å². The summed E-state index contributed by atoms with van der Waals surface area (Å²) >= 11 is 0. The summed E-state index contributed by atoms with van der Waals surface area (Å²) in [4.78, 5) is 2.20. The molecule has 0 N–H and O–H groups in total. The maximum atomic E-state index is 4.20. The zero-order valence-corrected chi connectivity index (χ0v) is 11.4. The Morgan fingerprint density at radius 1 is 0.944 bits per heavy atom. The van der Waals surface area contributed by atoms with Crippen LogP contribution in [0.3, 0.4) is 0 Å². The summed E-state index contributed by atoms with van der Waals surface area (Å²) < 4.78 is 0. The maximum Gasteiger partial charge on any atom is 0.0929 e. The standard InChI is InChI=1S/C15H19N3/c1-11-5-10-15(17-16-11)14-8-6-13(7-9-14)12(2)18(3)4/h5-10,12H,1-4H3/t12-/m1/s1. The van der Waals surface area contributed by atoms with Crippen LogP contribution >= 0.6 is 0 Å². The van der Waals surface area contributed by atoms with Crippen LogP contribution in [0.2, 0.25) is 0 Å². The molecular weight excluding hydrogens is 222 g/mol. The van der Waals surface area contributed by atoms with Crippen molar-refractivity contribution in [3.63, 3.8) is 0 Å². The van der Waals surface area contributed by atoms with Crippen molar-refractivity contribution in [3.8, 4) is 11.3 Å². The molecule has 0 saturated carbocycles. The van der Waals surface area contributed by atoms with E-state index in [1.807, 2.05) is 19.1 Å². The summed E-state index contributed by atoms with van der Waals surface area (Å²) in [6, 6.07) is 12.9. The van der Waals surface area contributed by atoms with Gasteiger partial charge in [0.05, 0.1) is 11.4 Å². The zero-order chi connectivity index (χ0) is 13.1. The lowest BCUT2D eigenvalue weighted by Crippen LogP contribution is -2.16. The third-order valence-corrected chi connectivity index (χ3v) is 3.26. The van der Waals surface area contributed by atoms with Crippen molar-refractivity contribution >= 4 is 0 Å². The zero-order valence-electron chi connectivity index (χ0n) is 11.4. The molecule has 0 aliphatic rings. The lowest BCUT2D eigenvalue weighted by atomic mass is 10.0. The molecular formula is C15H19N3. The van der Waals surface area contributed by atoms with E-state index >= 15 is 0 Å². The topological polar surface area (TPSA) is 29.0 Å². The molecule has 0 bridgehead atoms. The largest absolute Gasteiger partial charge is 0.303 e. The summed E-state index contributed by atoms with van der Waals surface area (Å²) in [5.74, 6) is 0. The van der Waals surface area contributed by atoms with Gasteiger partial charge in [-0.2, -0.15) is 10.2 Å². The van der Waals surface area contributed by atoms with E-state index in [0.29, 0.717) is 6.04 Å². The highest BCUT2D eigenvalue weighted by Gasteiger charge is 2.07. The van der Waals surface area contributed by atoms with Gasteiger partial charge in [-0.1, -0.05) is 24.3 Å². The number of rotatable bonds is 3. The summed E-state index contributed by atoms with van der Waals surface area (Å²) in [5, 5.41) is 8.28. The normalized spacial score (nSPS) is 12.7. The van der Waals surface area contributed by atoms with Gasteiger partial charge in [0.25, 0.3) is 0 Å². The number of hydrogen-bond donors (Lipinski definition) is 0. The fourth-order valence-electron chi connectivity index (χ4n) is 1.78. The third kappa shape index (κ3) is 2.74. The molecule has 0 aliphatic carbocycles. The van der Waals surface area contributed by atoms with Crippen molar-refractivity contribution in [2.24, 2.45) is 0 Å². The number of benzene rings is 1. The smallest absolute Gasteiger partial charge is 0.0929 e. The first-order valence-electron chi connectivity index (χ1n) is 6.15. The minimum atomic E-state index is 0.420. The Bertz CT molecular complexity index is 500. The van der Waals surface area contributed by atoms with Gasteiger partial charge in [-0.3, -0.25) is 0 Å². The molecule has 0 fully saturated rings. The predicted octanol–water partition coefficient (Wildman–Crippen LogP) is 3.07. The highest BCUT2D eigenvalue weighted by molar-refractivity contribution is 5.58. The van der Waals surface area contributed by atoms with Crippen LogP contribution < -0.4 is 0 Å². The molecule has 18 heavy (non-hydrogen) atoms. The first-order chi connectivity index (χ1) is 8.58. The SMILES string of the molecule is Cc1ccc(-c2ccc([C@@H](C)N(C)C)cc2)nn1. The van der Waals surface area contributed by atoms with Crippen molar-refractivity contribution in [3.05, 3.63) is 47.7 Å². The van der Waals surface area contributed by atoms with Crippen molar-refractivity contribution in [1.82, 2.24) is 15.1 Å². The summed E-state index contributed by atoms with van der Waals surface area (Å²) in [6.45, 7) is 4.14. The van der Waals surface area contributed by atoms with Crippen LogP contribution in [-0.2, 0) is 0 Å². The minimum Gasteiger partial charge on any atom is -0.303 e. The van der Waals surface area contributed by atoms with E-state index in [1.165, 1.54) is 5.56 Å². The average Bonchev–Trinajstić information content (AvgIpc) is 2.39. The quantitative estimate of drug-likeness (QED) is 0.827. The van der Waals surface area contributed by atoms with Crippen LogP contribution in [0, 0.1) is 6.92 Å². The second-order valence-electron chi connectivity index (χ2n) is 4.82. The monoisotopic (exact) mass is 241 g/mol. The Balaban J connectivity index is 2.24. The van der Waals surface area contributed by atoms with Gasteiger partial charge in [-0.05, 0) is 45.6 Å². The molecule has 0 aliphatic heterocycles. The molecule has 2 rings (SSSR count). The van der Waals surface area contributed by atoms with Crippen molar-refractivity contribution < 1.29 is 0 Å². The van der Waals surface area contributed by atoms with Crippen LogP contribution in [0.5, 0.6) is 0 Å². The molecule has 0 unspecified atom stereocenters. The summed E-state index contributed by atoms with van der Waals surface area (Å²) in [7, 11) is 4.17. The van der Waals surface area contributed by atoms with Gasteiger partial charge in [0.2, 0.25) is 0 Å². The van der Waals surface area contributed by atoms with Gasteiger partial charge in [-0.25, -0.2) is 0 Å². The molecule has 1 aromatic heterocycles. The van der Waals surface area contributed by atoms with Gasteiger partial charge in [-0.15, -0.1) is 0 Å². The highest BCUT2D eigenvalue weighted by atomic mass is 15.1. The third-order valence-electron chi connectivity index (χ3n) is 3.26. The van der Waals surface area contributed by atoms with E-state index in [1.54, 1.807) is 0 Å². The lowest BCUT2D eigenvalue weighted by molar-refractivity contribution is 0.321. The first-order valence-corrected chi connectivity index (χ1v) is 6.15. The maximum absolute atomic E-state index is 4.20. The molecule has 0 spiro atoms. The Hall–Kier alpha value is -1.74. The van der Waals surface area contributed by atoms with Gasteiger partial charge >= 0.3 is 0 Å². The van der Waals surface area contributed by atoms with Crippen molar-refractivity contribution in [2.45, 2.75) is 19.9 Å². The Morgan fingerprint density at radius 3 is 2.11 bits per heavy atom. The number of aryl methyl sites for hydroxylation is 1. The van der Waals surface area contributed by atoms with Gasteiger partial charge < -0.3 is 4.90 Å². The van der Waals surface area contributed by atoms with Gasteiger partial charge in [0.1, 0.15) is 0 Å². The van der Waals surface area contributed by atoms with Crippen LogP contribution in [0.25, 0.3) is 11.3 Å². The first kappa shape index (κ1) is 12.7. The Kier molecular flexibility index (Phi) is 3.72. The molecule has 0 amide bonds. The second-order valence-corrected chi connectivity index (χ2v) is 4.82. The van der Waals surface area contributed by atoms with Crippen LogP contribution in [0.4, 0.5) is 0 Å². The highest BCUT2D eigenvalue weighted by Crippen LogP contribution is 2.22. The van der Waals surface area contributed by atoms with E-state index in [0.717, 1.165) is 17.0 Å². The molecule has 2 aromatic rings. The number of nitrogens with zero attached hydrogens (tertiary/aromatic N) is 3. The molecule has 3 heteroatoms. The summed E-state index contributed by atoms with van der Waals surface area (Å²) in [6.07, 6.45) is 0. The summed E-state index contributed by atoms with van der Waals surface area (Å²) in [5.41, 5.74) is 4.28. The minimum absolute atomic E-state index is 0.420. The van der Waals surface area contributed by atoms with Crippen molar-refractivity contribution in [2.75, 3.05) is 14.1 Å². The second kappa shape index (κ2) is 5.27. The van der Waals surface area contributed by atoms with Gasteiger partial charge in [0.15, 0.2) is 0 Å². The molecule has 1 aromatic carbocycles. The molecule has 94 valence electrons. The van der Waals surface area contributed by atoms with E-state index in [9.17, 15) is 0 Å². The fraction of sp³-hybridized carbons (Fsp3) is 0.333.